The Kier molecular flexibility index (Phi) is 5.84. The lowest BCUT2D eigenvalue weighted by molar-refractivity contribution is -0.138. The van der Waals surface area contributed by atoms with Gasteiger partial charge in [0.25, 0.3) is 0 Å². The Morgan fingerprint density at radius 3 is 2.55 bits per heavy atom. The highest BCUT2D eigenvalue weighted by atomic mass is 19.4. The molecular formula is C23H19F4N3O3. The van der Waals surface area contributed by atoms with Crippen molar-refractivity contribution in [3.05, 3.63) is 65.6 Å². The van der Waals surface area contributed by atoms with Crippen molar-refractivity contribution in [2.75, 3.05) is 31.0 Å². The van der Waals surface area contributed by atoms with Crippen LogP contribution in [0.2, 0.25) is 0 Å². The van der Waals surface area contributed by atoms with Gasteiger partial charge in [0.1, 0.15) is 5.75 Å². The van der Waals surface area contributed by atoms with Crippen LogP contribution in [0.1, 0.15) is 11.1 Å². The van der Waals surface area contributed by atoms with Gasteiger partial charge in [-0.1, -0.05) is 6.07 Å². The Bertz CT molecular complexity index is 1200. The van der Waals surface area contributed by atoms with Crippen LogP contribution in [0, 0.1) is 5.82 Å². The number of nitrogens with zero attached hydrogens (tertiary/aromatic N) is 2. The maximum absolute atomic E-state index is 14.7. The van der Waals surface area contributed by atoms with Crippen LogP contribution < -0.4 is 19.7 Å². The molecule has 2 amide bonds. The normalized spacial score (nSPS) is 13.0. The number of nitrogens with one attached hydrogen (secondary N) is 1. The average molecular weight is 461 g/mol. The number of fused-ring (bicyclic) bond motifs is 1. The van der Waals surface area contributed by atoms with E-state index >= 15 is 0 Å². The predicted molar refractivity (Wildman–Crippen MR) is 114 cm³/mol. The summed E-state index contributed by atoms with van der Waals surface area (Å²) < 4.78 is 65.0. The van der Waals surface area contributed by atoms with E-state index in [2.05, 4.69) is 10.3 Å². The monoisotopic (exact) mass is 461 g/mol. The molecule has 4 rings (SSSR count). The standard InChI is InChI=1S/C23H19F4N3O3/c1-32-20-9-13-6-8-30(19(13)12-16(20)23(25,26)27)22(31)29-14-10-15(18-5-3-4-7-28-18)21(33-2)17(24)11-14/h3-5,7,9-12H,6,8H2,1-2H3,(H,29,31). The first kappa shape index (κ1) is 22.4. The lowest BCUT2D eigenvalue weighted by atomic mass is 10.1. The summed E-state index contributed by atoms with van der Waals surface area (Å²) in [4.78, 5) is 18.3. The Labute approximate surface area is 186 Å². The van der Waals surface area contributed by atoms with Crippen molar-refractivity contribution in [3.8, 4) is 22.8 Å². The molecule has 6 nitrogen and oxygen atoms in total. The summed E-state index contributed by atoms with van der Waals surface area (Å²) in [6.45, 7) is 0.164. The number of hydrogen-bond acceptors (Lipinski definition) is 4. The second-order valence-electron chi connectivity index (χ2n) is 7.26. The number of halogens is 4. The summed E-state index contributed by atoms with van der Waals surface area (Å²) in [7, 11) is 2.48. The van der Waals surface area contributed by atoms with E-state index < -0.39 is 23.6 Å². The van der Waals surface area contributed by atoms with Crippen molar-refractivity contribution >= 4 is 17.4 Å². The molecule has 0 aliphatic carbocycles. The first-order valence-corrected chi connectivity index (χ1v) is 9.88. The van der Waals surface area contributed by atoms with Gasteiger partial charge in [-0.2, -0.15) is 13.2 Å². The molecule has 0 saturated heterocycles. The van der Waals surface area contributed by atoms with Crippen LogP contribution in [0.15, 0.2) is 48.7 Å². The fraction of sp³-hybridized carbons (Fsp3) is 0.217. The third-order valence-electron chi connectivity index (χ3n) is 5.29. The first-order valence-electron chi connectivity index (χ1n) is 9.88. The van der Waals surface area contributed by atoms with Crippen LogP contribution in [0.3, 0.4) is 0 Å². The summed E-state index contributed by atoms with van der Waals surface area (Å²) in [5.41, 5.74) is 0.551. The van der Waals surface area contributed by atoms with E-state index in [4.69, 9.17) is 9.47 Å². The number of aromatic nitrogens is 1. The predicted octanol–water partition coefficient (Wildman–Crippen LogP) is 5.52. The van der Waals surface area contributed by atoms with Gasteiger partial charge in [-0.15, -0.1) is 0 Å². The second kappa shape index (κ2) is 8.61. The van der Waals surface area contributed by atoms with E-state index in [1.54, 1.807) is 18.2 Å². The summed E-state index contributed by atoms with van der Waals surface area (Å²) >= 11 is 0. The molecule has 2 aromatic carbocycles. The number of anilines is 2. The van der Waals surface area contributed by atoms with Crippen molar-refractivity contribution in [1.29, 1.82) is 0 Å². The molecule has 0 saturated carbocycles. The smallest absolute Gasteiger partial charge is 0.420 e. The van der Waals surface area contributed by atoms with Crippen LogP contribution >= 0.6 is 0 Å². The summed E-state index contributed by atoms with van der Waals surface area (Å²) in [5.74, 6) is -1.07. The minimum Gasteiger partial charge on any atom is -0.496 e. The van der Waals surface area contributed by atoms with Crippen molar-refractivity contribution < 1.29 is 31.8 Å². The Morgan fingerprint density at radius 2 is 1.91 bits per heavy atom. The second-order valence-corrected chi connectivity index (χ2v) is 7.26. The minimum absolute atomic E-state index is 0.0415. The lowest BCUT2D eigenvalue weighted by Gasteiger charge is -2.21. The van der Waals surface area contributed by atoms with Gasteiger partial charge in [-0.05, 0) is 42.3 Å². The van der Waals surface area contributed by atoms with E-state index in [0.29, 0.717) is 23.2 Å². The molecule has 0 bridgehead atoms. The molecule has 1 aliphatic heterocycles. The van der Waals surface area contributed by atoms with Crippen LogP contribution in [-0.4, -0.2) is 31.8 Å². The molecule has 0 fully saturated rings. The zero-order valence-corrected chi connectivity index (χ0v) is 17.7. The molecule has 1 aliphatic rings. The van der Waals surface area contributed by atoms with E-state index in [1.807, 2.05) is 0 Å². The number of benzene rings is 2. The Balaban J connectivity index is 1.67. The number of carbonyl (C=O) groups is 1. The number of hydrogen-bond donors (Lipinski definition) is 1. The van der Waals surface area contributed by atoms with Crippen LogP contribution in [0.4, 0.5) is 33.7 Å². The average Bonchev–Trinajstić information content (AvgIpc) is 3.21. The van der Waals surface area contributed by atoms with Crippen molar-refractivity contribution in [2.45, 2.75) is 12.6 Å². The minimum atomic E-state index is -4.65. The Hall–Kier alpha value is -3.82. The van der Waals surface area contributed by atoms with Gasteiger partial charge in [-0.25, -0.2) is 9.18 Å². The maximum atomic E-state index is 14.7. The fourth-order valence-corrected chi connectivity index (χ4v) is 3.79. The van der Waals surface area contributed by atoms with Gasteiger partial charge in [0, 0.05) is 35.7 Å². The molecular weight excluding hydrogens is 442 g/mol. The number of pyridine rings is 1. The number of urea groups is 1. The van der Waals surface area contributed by atoms with Gasteiger partial charge >= 0.3 is 12.2 Å². The van der Waals surface area contributed by atoms with Crippen molar-refractivity contribution in [3.63, 3.8) is 0 Å². The van der Waals surface area contributed by atoms with Gasteiger partial charge in [0.2, 0.25) is 0 Å². The van der Waals surface area contributed by atoms with Crippen molar-refractivity contribution in [1.82, 2.24) is 4.98 Å². The number of carbonyl (C=O) groups excluding carboxylic acids is 1. The third kappa shape index (κ3) is 4.28. The topological polar surface area (TPSA) is 63.7 Å². The third-order valence-corrected chi connectivity index (χ3v) is 5.29. The molecule has 1 aromatic heterocycles. The number of ether oxygens (including phenoxy) is 2. The van der Waals surface area contributed by atoms with Gasteiger partial charge in [0.15, 0.2) is 11.6 Å². The zero-order valence-electron chi connectivity index (χ0n) is 17.7. The molecule has 0 spiro atoms. The van der Waals surface area contributed by atoms with Gasteiger partial charge < -0.3 is 14.8 Å². The van der Waals surface area contributed by atoms with Crippen LogP contribution in [0.5, 0.6) is 11.5 Å². The molecule has 0 atom stereocenters. The highest BCUT2D eigenvalue weighted by Gasteiger charge is 2.37. The number of rotatable bonds is 4. The van der Waals surface area contributed by atoms with E-state index in [1.165, 1.54) is 30.3 Å². The molecule has 0 unspecified atom stereocenters. The number of alkyl halides is 3. The SMILES string of the molecule is COc1cc2c(cc1C(F)(F)F)N(C(=O)Nc1cc(F)c(OC)c(-c3ccccn3)c1)CC2. The van der Waals surface area contributed by atoms with E-state index in [-0.39, 0.29) is 29.4 Å². The highest BCUT2D eigenvalue weighted by Crippen LogP contribution is 2.42. The zero-order chi connectivity index (χ0) is 23.8. The number of amides is 2. The summed E-state index contributed by atoms with van der Waals surface area (Å²) in [6.07, 6.45) is -2.76. The lowest BCUT2D eigenvalue weighted by Crippen LogP contribution is -2.33. The largest absolute Gasteiger partial charge is 0.496 e. The highest BCUT2D eigenvalue weighted by molar-refractivity contribution is 6.03. The van der Waals surface area contributed by atoms with E-state index in [0.717, 1.165) is 19.2 Å². The van der Waals surface area contributed by atoms with Crippen LogP contribution in [-0.2, 0) is 12.6 Å². The first-order chi connectivity index (χ1) is 15.7. The molecule has 10 heteroatoms. The molecule has 3 aromatic rings. The molecule has 172 valence electrons. The molecule has 33 heavy (non-hydrogen) atoms. The number of methoxy groups -OCH3 is 2. The van der Waals surface area contributed by atoms with E-state index in [9.17, 15) is 22.4 Å². The fourth-order valence-electron chi connectivity index (χ4n) is 3.79. The van der Waals surface area contributed by atoms with Crippen LogP contribution in [0.25, 0.3) is 11.3 Å². The molecule has 2 heterocycles. The Morgan fingerprint density at radius 1 is 1.12 bits per heavy atom. The van der Waals surface area contributed by atoms with Gasteiger partial charge in [-0.3, -0.25) is 9.88 Å². The van der Waals surface area contributed by atoms with Crippen molar-refractivity contribution in [2.24, 2.45) is 0 Å². The molecule has 0 radical (unpaired) electrons. The summed E-state index contributed by atoms with van der Waals surface area (Å²) in [5, 5.41) is 2.57. The quantitative estimate of drug-likeness (QED) is 0.520. The summed E-state index contributed by atoms with van der Waals surface area (Å²) in [6, 6.07) is 9.15. The molecule has 1 N–H and O–H groups in total. The maximum Gasteiger partial charge on any atom is 0.420 e. The van der Waals surface area contributed by atoms with Gasteiger partial charge in [0.05, 0.1) is 25.5 Å².